The molecule has 0 spiro atoms. The number of benzene rings is 2. The van der Waals surface area contributed by atoms with E-state index < -0.39 is 0 Å². The third-order valence-electron chi connectivity index (χ3n) is 4.11. The number of carbonyl (C=O) groups is 1. The summed E-state index contributed by atoms with van der Waals surface area (Å²) in [6.07, 6.45) is 0. The normalized spacial score (nSPS) is 10.6. The summed E-state index contributed by atoms with van der Waals surface area (Å²) in [5, 5.41) is 2.96. The van der Waals surface area contributed by atoms with E-state index >= 15 is 0 Å². The second-order valence-corrected chi connectivity index (χ2v) is 6.51. The highest BCUT2D eigenvalue weighted by atomic mass is 16.5. The zero-order valence-electron chi connectivity index (χ0n) is 15.6. The quantitative estimate of drug-likeness (QED) is 0.764. The molecule has 1 N–H and O–H groups in total. The van der Waals surface area contributed by atoms with Gasteiger partial charge in [-0.3, -0.25) is 0 Å². The van der Waals surface area contributed by atoms with Gasteiger partial charge in [0.1, 0.15) is 12.4 Å². The molecule has 0 unspecified atom stereocenters. The van der Waals surface area contributed by atoms with Gasteiger partial charge in [0.05, 0.1) is 6.54 Å². The van der Waals surface area contributed by atoms with Crippen molar-refractivity contribution in [2.45, 2.75) is 40.3 Å². The number of aryl methyl sites for hydroxylation is 2. The molecule has 0 aliphatic rings. The molecule has 2 aromatic rings. The number of nitrogens with one attached hydrogen (secondary N) is 1. The fourth-order valence-electron chi connectivity index (χ4n) is 2.71. The van der Waals surface area contributed by atoms with Crippen LogP contribution in [0.2, 0.25) is 0 Å². The summed E-state index contributed by atoms with van der Waals surface area (Å²) >= 11 is 0. The van der Waals surface area contributed by atoms with Gasteiger partial charge >= 0.3 is 6.03 Å². The van der Waals surface area contributed by atoms with Crippen LogP contribution in [0, 0.1) is 13.8 Å². The van der Waals surface area contributed by atoms with Crippen molar-refractivity contribution in [1.82, 2.24) is 10.2 Å². The van der Waals surface area contributed by atoms with E-state index in [1.165, 1.54) is 0 Å². The molecule has 4 nitrogen and oxygen atoms in total. The first-order chi connectivity index (χ1) is 12.0. The second-order valence-electron chi connectivity index (χ2n) is 6.51. The molecular weight excluding hydrogens is 312 g/mol. The van der Waals surface area contributed by atoms with E-state index in [0.29, 0.717) is 19.7 Å². The fourth-order valence-corrected chi connectivity index (χ4v) is 2.71. The molecule has 2 rings (SSSR count). The van der Waals surface area contributed by atoms with Crippen LogP contribution in [0.1, 0.15) is 30.5 Å². The number of hydrogen-bond acceptors (Lipinski definition) is 2. The molecule has 0 aliphatic heterocycles. The highest BCUT2D eigenvalue weighted by Gasteiger charge is 2.16. The summed E-state index contributed by atoms with van der Waals surface area (Å²) in [5.74, 6) is 0.904. The molecule has 0 saturated carbocycles. The van der Waals surface area contributed by atoms with Gasteiger partial charge in [-0.15, -0.1) is 0 Å². The van der Waals surface area contributed by atoms with Crippen LogP contribution in [-0.2, 0) is 6.54 Å². The number of para-hydroxylation sites is 1. The van der Waals surface area contributed by atoms with Gasteiger partial charge in [-0.25, -0.2) is 4.79 Å². The Hall–Kier alpha value is -2.49. The van der Waals surface area contributed by atoms with E-state index in [1.54, 1.807) is 0 Å². The summed E-state index contributed by atoms with van der Waals surface area (Å²) in [5.41, 5.74) is 3.34. The average Bonchev–Trinajstić information content (AvgIpc) is 2.59. The summed E-state index contributed by atoms with van der Waals surface area (Å²) < 4.78 is 5.84. The molecule has 0 heterocycles. The van der Waals surface area contributed by atoms with Crippen molar-refractivity contribution in [1.29, 1.82) is 0 Å². The number of nitrogens with zero attached hydrogens (tertiary/aromatic N) is 1. The Kier molecular flexibility index (Phi) is 6.87. The minimum Gasteiger partial charge on any atom is -0.491 e. The summed E-state index contributed by atoms with van der Waals surface area (Å²) in [4.78, 5) is 14.3. The molecule has 0 aromatic heterocycles. The fraction of sp³-hybridized carbons (Fsp3) is 0.381. The molecule has 0 aliphatic carbocycles. The monoisotopic (exact) mass is 340 g/mol. The first kappa shape index (κ1) is 18.8. The Labute approximate surface area is 150 Å². The number of ether oxygens (including phenoxy) is 1. The van der Waals surface area contributed by atoms with Crippen LogP contribution in [0.4, 0.5) is 4.79 Å². The van der Waals surface area contributed by atoms with E-state index in [1.807, 2.05) is 81.1 Å². The maximum Gasteiger partial charge on any atom is 0.318 e. The molecule has 0 fully saturated rings. The second kappa shape index (κ2) is 9.11. The lowest BCUT2D eigenvalue weighted by Crippen LogP contribution is -2.44. The van der Waals surface area contributed by atoms with Crippen molar-refractivity contribution in [2.75, 3.05) is 13.2 Å². The molecule has 2 aromatic carbocycles. The minimum atomic E-state index is -0.0658. The molecule has 134 valence electrons. The summed E-state index contributed by atoms with van der Waals surface area (Å²) in [6, 6.07) is 16.2. The molecule has 2 amide bonds. The van der Waals surface area contributed by atoms with Crippen molar-refractivity contribution >= 4 is 6.03 Å². The van der Waals surface area contributed by atoms with Gasteiger partial charge in [-0.2, -0.15) is 0 Å². The van der Waals surface area contributed by atoms with Gasteiger partial charge in [-0.1, -0.05) is 48.5 Å². The first-order valence-electron chi connectivity index (χ1n) is 8.76. The Bertz CT molecular complexity index is 663. The van der Waals surface area contributed by atoms with Gasteiger partial charge < -0.3 is 15.0 Å². The maximum atomic E-state index is 12.5. The molecular formula is C21H28N2O2. The number of urea groups is 1. The van der Waals surface area contributed by atoms with Crippen molar-refractivity contribution < 1.29 is 9.53 Å². The Balaban J connectivity index is 1.85. The topological polar surface area (TPSA) is 41.6 Å². The molecule has 0 radical (unpaired) electrons. The lowest BCUT2D eigenvalue weighted by atomic mass is 10.1. The van der Waals surface area contributed by atoms with Crippen LogP contribution in [-0.4, -0.2) is 30.1 Å². The third kappa shape index (κ3) is 5.52. The van der Waals surface area contributed by atoms with E-state index in [4.69, 9.17) is 4.74 Å². The maximum absolute atomic E-state index is 12.5. The molecule has 0 bridgehead atoms. The Morgan fingerprint density at radius 2 is 1.68 bits per heavy atom. The zero-order valence-corrected chi connectivity index (χ0v) is 15.6. The number of amides is 2. The van der Waals surface area contributed by atoms with E-state index in [-0.39, 0.29) is 12.1 Å². The number of hydrogen-bond donors (Lipinski definition) is 1. The minimum absolute atomic E-state index is 0.0658. The van der Waals surface area contributed by atoms with Gasteiger partial charge in [0.15, 0.2) is 0 Å². The van der Waals surface area contributed by atoms with Crippen LogP contribution < -0.4 is 10.1 Å². The van der Waals surface area contributed by atoms with Crippen molar-refractivity contribution in [2.24, 2.45) is 0 Å². The van der Waals surface area contributed by atoms with E-state index in [9.17, 15) is 4.79 Å². The van der Waals surface area contributed by atoms with Crippen LogP contribution in [0.15, 0.2) is 48.5 Å². The molecule has 0 atom stereocenters. The number of rotatable bonds is 7. The Morgan fingerprint density at radius 3 is 2.28 bits per heavy atom. The van der Waals surface area contributed by atoms with Gasteiger partial charge in [-0.05, 0) is 44.4 Å². The van der Waals surface area contributed by atoms with Crippen LogP contribution in [0.3, 0.4) is 0 Å². The lowest BCUT2D eigenvalue weighted by Gasteiger charge is -2.27. The van der Waals surface area contributed by atoms with Crippen molar-refractivity contribution in [3.8, 4) is 5.75 Å². The van der Waals surface area contributed by atoms with E-state index in [0.717, 1.165) is 22.4 Å². The zero-order chi connectivity index (χ0) is 18.2. The Morgan fingerprint density at radius 1 is 1.04 bits per heavy atom. The molecule has 25 heavy (non-hydrogen) atoms. The largest absolute Gasteiger partial charge is 0.491 e. The smallest absolute Gasteiger partial charge is 0.318 e. The predicted octanol–water partition coefficient (Wildman–Crippen LogP) is 4.30. The van der Waals surface area contributed by atoms with Gasteiger partial charge in [0, 0.05) is 12.6 Å². The van der Waals surface area contributed by atoms with E-state index in [2.05, 4.69) is 5.32 Å². The molecule has 4 heteroatoms. The lowest BCUT2D eigenvalue weighted by molar-refractivity contribution is 0.177. The van der Waals surface area contributed by atoms with Crippen LogP contribution in [0.5, 0.6) is 5.75 Å². The molecule has 0 saturated heterocycles. The van der Waals surface area contributed by atoms with Crippen molar-refractivity contribution in [3.05, 3.63) is 65.2 Å². The van der Waals surface area contributed by atoms with Gasteiger partial charge in [0.25, 0.3) is 0 Å². The van der Waals surface area contributed by atoms with Crippen LogP contribution in [0.25, 0.3) is 0 Å². The average molecular weight is 340 g/mol. The number of carbonyl (C=O) groups excluding carboxylic acids is 1. The van der Waals surface area contributed by atoms with Gasteiger partial charge in [0.2, 0.25) is 0 Å². The van der Waals surface area contributed by atoms with Crippen LogP contribution >= 0.6 is 0 Å². The summed E-state index contributed by atoms with van der Waals surface area (Å²) in [6.45, 7) is 9.63. The highest BCUT2D eigenvalue weighted by Crippen LogP contribution is 2.21. The predicted molar refractivity (Wildman–Crippen MR) is 102 cm³/mol. The first-order valence-corrected chi connectivity index (χ1v) is 8.76. The SMILES string of the molecule is Cc1cccc(C)c1OCCNC(=O)N(Cc1ccccc1)C(C)C. The van der Waals surface area contributed by atoms with Crippen molar-refractivity contribution in [3.63, 3.8) is 0 Å². The highest BCUT2D eigenvalue weighted by molar-refractivity contribution is 5.74. The third-order valence-corrected chi connectivity index (χ3v) is 4.11. The summed E-state index contributed by atoms with van der Waals surface area (Å²) in [7, 11) is 0. The standard InChI is InChI=1S/C21H28N2O2/c1-16(2)23(15-19-11-6-5-7-12-19)21(24)22-13-14-25-20-17(3)9-8-10-18(20)4/h5-12,16H,13-15H2,1-4H3,(H,22,24).